The minimum absolute atomic E-state index is 0.0111. The fourth-order valence-electron chi connectivity index (χ4n) is 2.38. The quantitative estimate of drug-likeness (QED) is 0.838. The van der Waals surface area contributed by atoms with Crippen LogP contribution in [0.3, 0.4) is 0 Å². The number of hydrogen-bond acceptors (Lipinski definition) is 2. The van der Waals surface area contributed by atoms with Crippen LogP contribution in [0.25, 0.3) is 0 Å². The Kier molecular flexibility index (Phi) is 7.23. The lowest BCUT2D eigenvalue weighted by Gasteiger charge is -2.27. The number of carbonyl (C=O) groups excluding carboxylic acids is 1. The maximum absolute atomic E-state index is 12.1. The number of urea groups is 1. The zero-order valence-corrected chi connectivity index (χ0v) is 14.0. The summed E-state index contributed by atoms with van der Waals surface area (Å²) in [6.07, 6.45) is 1.05. The normalized spacial score (nSPS) is 12.3. The Hall–Kier alpha value is -1.55. The Balaban J connectivity index is 2.71. The van der Waals surface area contributed by atoms with Crippen LogP contribution >= 0.6 is 0 Å². The van der Waals surface area contributed by atoms with Gasteiger partial charge in [-0.15, -0.1) is 0 Å². The first-order valence-electron chi connectivity index (χ1n) is 7.81. The van der Waals surface area contributed by atoms with Gasteiger partial charge in [-0.05, 0) is 45.5 Å². The van der Waals surface area contributed by atoms with Crippen LogP contribution in [-0.2, 0) is 6.42 Å². The van der Waals surface area contributed by atoms with Gasteiger partial charge in [-0.3, -0.25) is 0 Å². The first-order chi connectivity index (χ1) is 10.0. The highest BCUT2D eigenvalue weighted by Gasteiger charge is 2.16. The molecule has 0 aliphatic rings. The van der Waals surface area contributed by atoms with Crippen LogP contribution in [0.2, 0.25) is 0 Å². The molecule has 0 saturated heterocycles. The third-order valence-corrected chi connectivity index (χ3v) is 3.89. The van der Waals surface area contributed by atoms with E-state index in [4.69, 9.17) is 0 Å². The second kappa shape index (κ2) is 8.67. The molecule has 1 rings (SSSR count). The van der Waals surface area contributed by atoms with Crippen molar-refractivity contribution in [3.8, 4) is 0 Å². The van der Waals surface area contributed by atoms with E-state index in [-0.39, 0.29) is 12.1 Å². The molecule has 0 heterocycles. The van der Waals surface area contributed by atoms with Crippen LogP contribution in [0.4, 0.5) is 4.79 Å². The van der Waals surface area contributed by atoms with Gasteiger partial charge in [-0.25, -0.2) is 4.79 Å². The number of likely N-dealkylation sites (N-methyl/N-ethyl adjacent to an activating group) is 1. The van der Waals surface area contributed by atoms with E-state index in [1.165, 1.54) is 11.1 Å². The fraction of sp³-hybridized carbons (Fsp3) is 0.588. The molecular formula is C17H29N3O. The molecule has 0 fully saturated rings. The van der Waals surface area contributed by atoms with Crippen molar-refractivity contribution in [1.82, 2.24) is 15.1 Å². The standard InChI is InChI=1S/C17H29N3O/c1-6-14-9-11-15(12-10-14)16(19(4)5)13-18-17(21)20(7-2)8-3/h9-12,16H,6-8,13H2,1-5H3,(H,18,21). The summed E-state index contributed by atoms with van der Waals surface area (Å²) < 4.78 is 0. The average molecular weight is 291 g/mol. The smallest absolute Gasteiger partial charge is 0.317 e. The summed E-state index contributed by atoms with van der Waals surface area (Å²) in [6.45, 7) is 8.24. The van der Waals surface area contributed by atoms with Crippen molar-refractivity contribution in [2.75, 3.05) is 33.7 Å². The molecule has 0 bridgehead atoms. The number of amides is 2. The zero-order valence-electron chi connectivity index (χ0n) is 14.0. The highest BCUT2D eigenvalue weighted by molar-refractivity contribution is 5.74. The molecule has 4 nitrogen and oxygen atoms in total. The number of carbonyl (C=O) groups is 1. The number of aryl methyl sites for hydroxylation is 1. The van der Waals surface area contributed by atoms with E-state index in [1.807, 2.05) is 27.9 Å². The van der Waals surface area contributed by atoms with Crippen molar-refractivity contribution < 1.29 is 4.79 Å². The van der Waals surface area contributed by atoms with E-state index in [0.29, 0.717) is 6.54 Å². The molecular weight excluding hydrogens is 262 g/mol. The minimum atomic E-state index is 0.0111. The van der Waals surface area contributed by atoms with Gasteiger partial charge in [0.1, 0.15) is 0 Å². The molecule has 21 heavy (non-hydrogen) atoms. The molecule has 4 heteroatoms. The lowest BCUT2D eigenvalue weighted by molar-refractivity contribution is 0.197. The third-order valence-electron chi connectivity index (χ3n) is 3.89. The fourth-order valence-corrected chi connectivity index (χ4v) is 2.38. The van der Waals surface area contributed by atoms with Gasteiger partial charge in [0.05, 0.1) is 6.04 Å². The summed E-state index contributed by atoms with van der Waals surface area (Å²) in [6, 6.07) is 8.85. The van der Waals surface area contributed by atoms with Crippen molar-refractivity contribution >= 4 is 6.03 Å². The Morgan fingerprint density at radius 2 is 1.67 bits per heavy atom. The molecule has 0 aliphatic carbocycles. The molecule has 0 aliphatic heterocycles. The lowest BCUT2D eigenvalue weighted by Crippen LogP contribution is -2.43. The second-order valence-corrected chi connectivity index (χ2v) is 5.43. The van der Waals surface area contributed by atoms with Crippen LogP contribution < -0.4 is 5.32 Å². The van der Waals surface area contributed by atoms with Gasteiger partial charge < -0.3 is 15.1 Å². The van der Waals surface area contributed by atoms with Crippen LogP contribution in [0.1, 0.15) is 37.9 Å². The summed E-state index contributed by atoms with van der Waals surface area (Å²) in [4.78, 5) is 16.0. The second-order valence-electron chi connectivity index (χ2n) is 5.43. The molecule has 2 amide bonds. The van der Waals surface area contributed by atoms with E-state index in [2.05, 4.69) is 41.4 Å². The van der Waals surface area contributed by atoms with Crippen LogP contribution in [0.5, 0.6) is 0 Å². The summed E-state index contributed by atoms with van der Waals surface area (Å²) >= 11 is 0. The van der Waals surface area contributed by atoms with Gasteiger partial charge >= 0.3 is 6.03 Å². The largest absolute Gasteiger partial charge is 0.336 e. The van der Waals surface area contributed by atoms with E-state index >= 15 is 0 Å². The predicted octanol–water partition coefficient (Wildman–Crippen LogP) is 2.90. The molecule has 1 aromatic rings. The van der Waals surface area contributed by atoms with Crippen molar-refractivity contribution in [3.63, 3.8) is 0 Å². The number of nitrogens with one attached hydrogen (secondary N) is 1. The Morgan fingerprint density at radius 1 is 1.10 bits per heavy atom. The van der Waals surface area contributed by atoms with Gasteiger partial charge in [0.15, 0.2) is 0 Å². The number of nitrogens with zero attached hydrogens (tertiary/aromatic N) is 2. The molecule has 1 unspecified atom stereocenters. The zero-order chi connectivity index (χ0) is 15.8. The number of rotatable bonds is 7. The molecule has 1 N–H and O–H groups in total. The molecule has 0 aromatic heterocycles. The number of hydrogen-bond donors (Lipinski definition) is 1. The summed E-state index contributed by atoms with van der Waals surface area (Å²) in [5.74, 6) is 0. The Morgan fingerprint density at radius 3 is 2.10 bits per heavy atom. The summed E-state index contributed by atoms with van der Waals surface area (Å²) in [5, 5.41) is 3.04. The highest BCUT2D eigenvalue weighted by atomic mass is 16.2. The van der Waals surface area contributed by atoms with Gasteiger partial charge in [-0.2, -0.15) is 0 Å². The van der Waals surface area contributed by atoms with Crippen molar-refractivity contribution in [1.29, 1.82) is 0 Å². The Bertz CT molecular complexity index is 424. The van der Waals surface area contributed by atoms with Gasteiger partial charge in [-0.1, -0.05) is 31.2 Å². The average Bonchev–Trinajstić information content (AvgIpc) is 2.49. The maximum atomic E-state index is 12.1. The van der Waals surface area contributed by atoms with E-state index in [0.717, 1.165) is 19.5 Å². The van der Waals surface area contributed by atoms with Crippen molar-refractivity contribution in [2.45, 2.75) is 33.2 Å². The van der Waals surface area contributed by atoms with Gasteiger partial charge in [0.2, 0.25) is 0 Å². The van der Waals surface area contributed by atoms with Crippen molar-refractivity contribution in [2.24, 2.45) is 0 Å². The maximum Gasteiger partial charge on any atom is 0.317 e. The van der Waals surface area contributed by atoms with Crippen LogP contribution in [0, 0.1) is 0 Å². The molecule has 1 aromatic carbocycles. The van der Waals surface area contributed by atoms with Crippen LogP contribution in [-0.4, -0.2) is 49.6 Å². The minimum Gasteiger partial charge on any atom is -0.336 e. The first-order valence-corrected chi connectivity index (χ1v) is 7.81. The van der Waals surface area contributed by atoms with Crippen LogP contribution in [0.15, 0.2) is 24.3 Å². The summed E-state index contributed by atoms with van der Waals surface area (Å²) in [7, 11) is 4.09. The van der Waals surface area contributed by atoms with E-state index < -0.39 is 0 Å². The monoisotopic (exact) mass is 291 g/mol. The lowest BCUT2D eigenvalue weighted by atomic mass is 10.0. The molecule has 0 spiro atoms. The molecule has 118 valence electrons. The first kappa shape index (κ1) is 17.5. The number of benzene rings is 1. The van der Waals surface area contributed by atoms with E-state index in [1.54, 1.807) is 4.90 Å². The Labute approximate surface area is 129 Å². The summed E-state index contributed by atoms with van der Waals surface area (Å²) in [5.41, 5.74) is 2.57. The van der Waals surface area contributed by atoms with Gasteiger partial charge in [0, 0.05) is 19.6 Å². The topological polar surface area (TPSA) is 35.6 Å². The predicted molar refractivity (Wildman–Crippen MR) is 88.6 cm³/mol. The molecule has 0 saturated carbocycles. The molecule has 0 radical (unpaired) electrons. The molecule has 1 atom stereocenters. The third kappa shape index (κ3) is 5.05. The van der Waals surface area contributed by atoms with Gasteiger partial charge in [0.25, 0.3) is 0 Å². The van der Waals surface area contributed by atoms with E-state index in [9.17, 15) is 4.79 Å². The van der Waals surface area contributed by atoms with Crippen molar-refractivity contribution in [3.05, 3.63) is 35.4 Å². The SMILES string of the molecule is CCc1ccc(C(CNC(=O)N(CC)CC)N(C)C)cc1. The highest BCUT2D eigenvalue weighted by Crippen LogP contribution is 2.18.